The van der Waals surface area contributed by atoms with Gasteiger partial charge in [-0.2, -0.15) is 5.26 Å². The molecule has 0 saturated carbocycles. The zero-order valence-corrected chi connectivity index (χ0v) is 6.93. The van der Waals surface area contributed by atoms with Gasteiger partial charge in [0.25, 0.3) is 0 Å². The first-order valence-corrected chi connectivity index (χ1v) is 2.65. The molecule has 0 radical (unpaired) electrons. The van der Waals surface area contributed by atoms with Crippen LogP contribution in [0.5, 0.6) is 0 Å². The maximum atomic E-state index is 8.36. The van der Waals surface area contributed by atoms with Gasteiger partial charge in [0.05, 0.1) is 11.6 Å². The normalized spacial score (nSPS) is 7.60. The number of nitriles is 1. The molecule has 0 spiro atoms. The van der Waals surface area contributed by atoms with Crippen molar-refractivity contribution in [3.05, 3.63) is 29.8 Å². The van der Waals surface area contributed by atoms with E-state index in [-0.39, 0.29) is 17.0 Å². The predicted molar refractivity (Wildman–Crippen MR) is 33.7 cm³/mol. The number of rotatable bonds is 0. The molecule has 1 aromatic rings. The topological polar surface area (TPSA) is 51.4 Å². The molecule has 10 heavy (non-hydrogen) atoms. The monoisotopic (exact) mass is 198 g/mol. The molecule has 0 saturated heterocycles. The smallest absolute Gasteiger partial charge is 0.128 e. The Morgan fingerprint density at radius 2 is 1.70 bits per heavy atom. The lowest BCUT2D eigenvalue weighted by molar-refractivity contribution is -0.254. The zero-order chi connectivity index (χ0) is 6.69. The molecular weight excluding hydrogens is 192 g/mol. The highest BCUT2D eigenvalue weighted by Gasteiger charge is 1.88. The lowest BCUT2D eigenvalue weighted by atomic mass is 10.2. The van der Waals surface area contributed by atoms with Crippen LogP contribution in [0.1, 0.15) is 5.56 Å². The Morgan fingerprint density at radius 3 is 2.10 bits per heavy atom. The minimum Gasteiger partial charge on any atom is -1.00 e. The molecule has 0 heterocycles. The third-order valence-electron chi connectivity index (χ3n) is 1.08. The van der Waals surface area contributed by atoms with E-state index in [4.69, 9.17) is 5.26 Å². The molecule has 1 rings (SSSR count). The summed E-state index contributed by atoms with van der Waals surface area (Å²) in [5.74, 6) is 0. The van der Waals surface area contributed by atoms with Crippen LogP contribution in [0.15, 0.2) is 24.3 Å². The standard InChI is InChI=1S/C7H6N2.BrH/c8-5-6-1-3-7(9)4-2-6;/h1-4H,9H2;1H. The summed E-state index contributed by atoms with van der Waals surface area (Å²) in [7, 11) is 0. The Hall–Kier alpha value is -0.850. The Morgan fingerprint density at radius 1 is 1.20 bits per heavy atom. The SMILES string of the molecule is N#Cc1ccc([NH3+])cc1.[Br-]. The van der Waals surface area contributed by atoms with Gasteiger partial charge in [0.15, 0.2) is 0 Å². The van der Waals surface area contributed by atoms with Crippen molar-refractivity contribution in [3.8, 4) is 6.07 Å². The second-order valence-corrected chi connectivity index (χ2v) is 1.81. The van der Waals surface area contributed by atoms with Gasteiger partial charge in [0, 0.05) is 12.1 Å². The van der Waals surface area contributed by atoms with Gasteiger partial charge in [-0.3, -0.25) is 0 Å². The lowest BCUT2D eigenvalue weighted by Crippen LogP contribution is -3.00. The van der Waals surface area contributed by atoms with E-state index in [2.05, 4.69) is 5.73 Å². The molecule has 0 amide bonds. The van der Waals surface area contributed by atoms with E-state index in [1.807, 2.05) is 18.2 Å². The van der Waals surface area contributed by atoms with E-state index in [1.54, 1.807) is 12.1 Å². The molecule has 2 nitrogen and oxygen atoms in total. The van der Waals surface area contributed by atoms with Crippen LogP contribution in [0, 0.1) is 11.3 Å². The van der Waals surface area contributed by atoms with Crippen molar-refractivity contribution in [1.29, 1.82) is 5.26 Å². The molecule has 3 N–H and O–H groups in total. The molecule has 0 atom stereocenters. The summed E-state index contributed by atoms with van der Waals surface area (Å²) in [6.07, 6.45) is 0. The minimum absolute atomic E-state index is 0. The summed E-state index contributed by atoms with van der Waals surface area (Å²) >= 11 is 0. The third kappa shape index (κ3) is 2.18. The molecule has 0 aromatic heterocycles. The average Bonchev–Trinajstić information content (AvgIpc) is 1.90. The van der Waals surface area contributed by atoms with Crippen molar-refractivity contribution >= 4 is 5.69 Å². The third-order valence-corrected chi connectivity index (χ3v) is 1.08. The first kappa shape index (κ1) is 9.15. The van der Waals surface area contributed by atoms with Crippen LogP contribution in [0.25, 0.3) is 0 Å². The summed E-state index contributed by atoms with van der Waals surface area (Å²) in [5, 5.41) is 8.36. The molecule has 1 aromatic carbocycles. The maximum Gasteiger partial charge on any atom is 0.128 e. The number of benzene rings is 1. The quantitative estimate of drug-likeness (QED) is 0.490. The van der Waals surface area contributed by atoms with Crippen molar-refractivity contribution in [3.63, 3.8) is 0 Å². The largest absolute Gasteiger partial charge is 1.00 e. The second kappa shape index (κ2) is 4.04. The highest BCUT2D eigenvalue weighted by atomic mass is 79.9. The van der Waals surface area contributed by atoms with Crippen LogP contribution in [0.4, 0.5) is 5.69 Å². The number of quaternary nitrogens is 1. The molecule has 0 unspecified atom stereocenters. The van der Waals surface area contributed by atoms with E-state index in [1.165, 1.54) is 0 Å². The van der Waals surface area contributed by atoms with Crippen molar-refractivity contribution in [2.75, 3.05) is 0 Å². The number of hydrogen-bond acceptors (Lipinski definition) is 1. The molecule has 0 aliphatic rings. The summed E-state index contributed by atoms with van der Waals surface area (Å²) < 4.78 is 0. The number of nitrogens with zero attached hydrogens (tertiary/aromatic N) is 1. The Kier molecular flexibility index (Phi) is 3.70. The van der Waals surface area contributed by atoms with E-state index in [0.29, 0.717) is 5.56 Å². The summed E-state index contributed by atoms with van der Waals surface area (Å²) in [6.45, 7) is 0. The van der Waals surface area contributed by atoms with Gasteiger partial charge >= 0.3 is 0 Å². The van der Waals surface area contributed by atoms with Gasteiger partial charge in [0.1, 0.15) is 5.69 Å². The fraction of sp³-hybridized carbons (Fsp3) is 0. The van der Waals surface area contributed by atoms with Gasteiger partial charge in [-0.25, -0.2) is 0 Å². The van der Waals surface area contributed by atoms with E-state index < -0.39 is 0 Å². The summed E-state index contributed by atoms with van der Waals surface area (Å²) in [4.78, 5) is 0. The fourth-order valence-corrected chi connectivity index (χ4v) is 0.579. The first-order chi connectivity index (χ1) is 4.33. The summed E-state index contributed by atoms with van der Waals surface area (Å²) in [5.41, 5.74) is 5.31. The molecule has 52 valence electrons. The predicted octanol–water partition coefficient (Wildman–Crippen LogP) is -2.56. The van der Waals surface area contributed by atoms with Crippen LogP contribution in [-0.4, -0.2) is 0 Å². The summed E-state index contributed by atoms with van der Waals surface area (Å²) in [6, 6.07) is 9.17. The average molecular weight is 199 g/mol. The van der Waals surface area contributed by atoms with Gasteiger partial charge in [0.2, 0.25) is 0 Å². The van der Waals surface area contributed by atoms with Crippen LogP contribution >= 0.6 is 0 Å². The number of halogens is 1. The van der Waals surface area contributed by atoms with Crippen LogP contribution in [-0.2, 0) is 0 Å². The van der Waals surface area contributed by atoms with Crippen molar-refractivity contribution in [1.82, 2.24) is 0 Å². The Labute approximate surface area is 70.0 Å². The van der Waals surface area contributed by atoms with Crippen molar-refractivity contribution < 1.29 is 22.7 Å². The molecule has 0 aliphatic heterocycles. The van der Waals surface area contributed by atoms with Crippen molar-refractivity contribution in [2.24, 2.45) is 0 Å². The highest BCUT2D eigenvalue weighted by Crippen LogP contribution is 2.00. The van der Waals surface area contributed by atoms with Crippen LogP contribution < -0.4 is 22.7 Å². The van der Waals surface area contributed by atoms with Gasteiger partial charge < -0.3 is 22.7 Å². The van der Waals surface area contributed by atoms with E-state index in [9.17, 15) is 0 Å². The van der Waals surface area contributed by atoms with E-state index >= 15 is 0 Å². The van der Waals surface area contributed by atoms with Gasteiger partial charge in [-0.15, -0.1) is 0 Å². The van der Waals surface area contributed by atoms with Gasteiger partial charge in [-0.1, -0.05) is 0 Å². The lowest BCUT2D eigenvalue weighted by Gasteiger charge is -1.84. The Bertz CT molecular complexity index is 235. The first-order valence-electron chi connectivity index (χ1n) is 2.65. The van der Waals surface area contributed by atoms with Crippen molar-refractivity contribution in [2.45, 2.75) is 0 Å². The fourth-order valence-electron chi connectivity index (χ4n) is 0.579. The van der Waals surface area contributed by atoms with Gasteiger partial charge in [-0.05, 0) is 12.1 Å². The highest BCUT2D eigenvalue weighted by molar-refractivity contribution is 5.36. The number of hydrogen-bond donors (Lipinski definition) is 1. The van der Waals surface area contributed by atoms with Crippen LogP contribution in [0.3, 0.4) is 0 Å². The van der Waals surface area contributed by atoms with Crippen LogP contribution in [0.2, 0.25) is 0 Å². The maximum absolute atomic E-state index is 8.36. The Balaban J connectivity index is 0.000000810. The molecule has 0 bridgehead atoms. The zero-order valence-electron chi connectivity index (χ0n) is 5.34. The minimum atomic E-state index is 0. The van der Waals surface area contributed by atoms with E-state index in [0.717, 1.165) is 5.69 Å². The second-order valence-electron chi connectivity index (χ2n) is 1.81. The molecule has 0 fully saturated rings. The molecule has 0 aliphatic carbocycles. The molecule has 3 heteroatoms. The molecular formula is C7H7BrN2.